The zero-order valence-electron chi connectivity index (χ0n) is 12.9. The normalized spacial score (nSPS) is 15.2. The molecule has 0 radical (unpaired) electrons. The average molecular weight is 351 g/mol. The number of hydrogen-bond acceptors (Lipinski definition) is 5. The summed E-state index contributed by atoms with van der Waals surface area (Å²) in [4.78, 5) is 6.90. The maximum Gasteiger partial charge on any atom is 0.215 e. The molecule has 1 aliphatic rings. The predicted molar refractivity (Wildman–Crippen MR) is 94.3 cm³/mol. The predicted octanol–water partition coefficient (Wildman–Crippen LogP) is 2.41. The Kier molecular flexibility index (Phi) is 5.30. The first-order chi connectivity index (χ1) is 11.1. The van der Waals surface area contributed by atoms with E-state index >= 15 is 0 Å². The summed E-state index contributed by atoms with van der Waals surface area (Å²) in [5.41, 5.74) is 1.75. The minimum atomic E-state index is -3.30. The molecule has 0 aliphatic carbocycles. The molecule has 1 N–H and O–H groups in total. The number of rotatable bonds is 7. The van der Waals surface area contributed by atoms with E-state index in [9.17, 15) is 8.42 Å². The molecule has 2 aromatic rings. The summed E-state index contributed by atoms with van der Waals surface area (Å²) in [6.07, 6.45) is 3.08. The van der Waals surface area contributed by atoms with Crippen LogP contribution in [-0.4, -0.2) is 33.0 Å². The van der Waals surface area contributed by atoms with Gasteiger partial charge >= 0.3 is 0 Å². The van der Waals surface area contributed by atoms with E-state index in [1.54, 1.807) is 11.3 Å². The van der Waals surface area contributed by atoms with Crippen molar-refractivity contribution in [3.8, 4) is 0 Å². The van der Waals surface area contributed by atoms with E-state index in [-0.39, 0.29) is 5.75 Å². The van der Waals surface area contributed by atoms with Gasteiger partial charge in [-0.15, -0.1) is 11.3 Å². The summed E-state index contributed by atoms with van der Waals surface area (Å²) in [5.74, 6) is 0.0178. The van der Waals surface area contributed by atoms with E-state index in [4.69, 9.17) is 0 Å². The van der Waals surface area contributed by atoms with Crippen molar-refractivity contribution in [2.24, 2.45) is 0 Å². The first-order valence-electron chi connectivity index (χ1n) is 7.83. The van der Waals surface area contributed by atoms with E-state index < -0.39 is 10.0 Å². The Morgan fingerprint density at radius 2 is 1.91 bits per heavy atom. The monoisotopic (exact) mass is 351 g/mol. The number of hydrogen-bond donors (Lipinski definition) is 1. The largest absolute Gasteiger partial charge is 0.348 e. The number of sulfonamides is 1. The van der Waals surface area contributed by atoms with Crippen LogP contribution >= 0.6 is 11.3 Å². The number of nitrogens with one attached hydrogen (secondary N) is 1. The van der Waals surface area contributed by atoms with Crippen LogP contribution in [0, 0.1) is 0 Å². The first-order valence-corrected chi connectivity index (χ1v) is 10.4. The summed E-state index contributed by atoms with van der Waals surface area (Å²) in [6, 6.07) is 9.22. The molecule has 0 atom stereocenters. The second kappa shape index (κ2) is 7.42. The lowest BCUT2D eigenvalue weighted by atomic mass is 10.2. The van der Waals surface area contributed by atoms with Crippen LogP contribution in [0.1, 0.15) is 24.1 Å². The third-order valence-corrected chi connectivity index (χ3v) is 6.13. The lowest BCUT2D eigenvalue weighted by Gasteiger charge is -2.12. The van der Waals surface area contributed by atoms with Gasteiger partial charge < -0.3 is 4.90 Å². The van der Waals surface area contributed by atoms with Gasteiger partial charge in [0.05, 0.1) is 11.4 Å². The second-order valence-electron chi connectivity index (χ2n) is 5.70. The van der Waals surface area contributed by atoms with Crippen LogP contribution in [0.3, 0.4) is 0 Å². The van der Waals surface area contributed by atoms with Gasteiger partial charge in [0, 0.05) is 31.4 Å². The zero-order valence-corrected chi connectivity index (χ0v) is 14.6. The molecule has 0 saturated carbocycles. The quantitative estimate of drug-likeness (QED) is 0.832. The van der Waals surface area contributed by atoms with Gasteiger partial charge in [-0.25, -0.2) is 18.1 Å². The van der Waals surface area contributed by atoms with Crippen LogP contribution in [-0.2, 0) is 22.2 Å². The molecule has 5 nitrogen and oxygen atoms in total. The molecule has 1 aromatic heterocycles. The Labute approximate surface area is 141 Å². The molecule has 1 saturated heterocycles. The number of benzene rings is 1. The molecular formula is C16H21N3O2S2. The van der Waals surface area contributed by atoms with Gasteiger partial charge in [0.2, 0.25) is 10.0 Å². The number of thiazole rings is 1. The maximum atomic E-state index is 12.1. The van der Waals surface area contributed by atoms with E-state index in [2.05, 4.69) is 14.6 Å². The molecule has 1 aromatic carbocycles. The minimum Gasteiger partial charge on any atom is -0.348 e. The second-order valence-corrected chi connectivity index (χ2v) is 8.35. The van der Waals surface area contributed by atoms with Crippen LogP contribution in [0.2, 0.25) is 0 Å². The van der Waals surface area contributed by atoms with Crippen LogP contribution in [0.4, 0.5) is 5.13 Å². The van der Waals surface area contributed by atoms with Gasteiger partial charge in [-0.1, -0.05) is 30.3 Å². The first kappa shape index (κ1) is 16.4. The standard InChI is InChI=1S/C16H21N3O2S2/c20-23(21,13-14-6-2-1-3-7-14)17-9-8-15-12-22-16(18-15)19-10-4-5-11-19/h1-3,6-7,12,17H,4-5,8-11,13H2. The van der Waals surface area contributed by atoms with Crippen LogP contribution in [0.15, 0.2) is 35.7 Å². The maximum absolute atomic E-state index is 12.1. The SMILES string of the molecule is O=S(=O)(Cc1ccccc1)NCCc1csc(N2CCCC2)n1. The molecule has 124 valence electrons. The van der Waals surface area contributed by atoms with Crippen molar-refractivity contribution in [2.75, 3.05) is 24.5 Å². The summed E-state index contributed by atoms with van der Waals surface area (Å²) in [6.45, 7) is 2.55. The molecule has 0 unspecified atom stereocenters. The Hall–Kier alpha value is -1.44. The number of nitrogens with zero attached hydrogens (tertiary/aromatic N) is 2. The summed E-state index contributed by atoms with van der Waals surface area (Å²) in [5, 5.41) is 3.09. The molecule has 1 aliphatic heterocycles. The van der Waals surface area contributed by atoms with Gasteiger partial charge in [-0.05, 0) is 18.4 Å². The summed E-state index contributed by atoms with van der Waals surface area (Å²) >= 11 is 1.64. The fourth-order valence-electron chi connectivity index (χ4n) is 2.64. The third kappa shape index (κ3) is 4.76. The fraction of sp³-hybridized carbons (Fsp3) is 0.438. The van der Waals surface area contributed by atoms with Crippen LogP contribution in [0.5, 0.6) is 0 Å². The molecule has 2 heterocycles. The molecule has 1 fully saturated rings. The Morgan fingerprint density at radius 3 is 2.65 bits per heavy atom. The van der Waals surface area contributed by atoms with Crippen molar-refractivity contribution < 1.29 is 8.42 Å². The number of aromatic nitrogens is 1. The van der Waals surface area contributed by atoms with Gasteiger partial charge in [0.1, 0.15) is 0 Å². The minimum absolute atomic E-state index is 0.0178. The zero-order chi connectivity index (χ0) is 16.1. The molecule has 7 heteroatoms. The van der Waals surface area contributed by atoms with Crippen molar-refractivity contribution in [3.63, 3.8) is 0 Å². The molecule has 0 bridgehead atoms. The van der Waals surface area contributed by atoms with E-state index in [0.29, 0.717) is 13.0 Å². The molecule has 0 amide bonds. The van der Waals surface area contributed by atoms with Crippen molar-refractivity contribution in [1.29, 1.82) is 0 Å². The highest BCUT2D eigenvalue weighted by molar-refractivity contribution is 7.88. The van der Waals surface area contributed by atoms with E-state index in [1.165, 1.54) is 12.8 Å². The smallest absolute Gasteiger partial charge is 0.215 e. The highest BCUT2D eigenvalue weighted by Crippen LogP contribution is 2.24. The van der Waals surface area contributed by atoms with E-state index in [1.807, 2.05) is 35.7 Å². The molecular weight excluding hydrogens is 330 g/mol. The number of anilines is 1. The van der Waals surface area contributed by atoms with Crippen LogP contribution < -0.4 is 9.62 Å². The highest BCUT2D eigenvalue weighted by Gasteiger charge is 2.16. The Morgan fingerprint density at radius 1 is 1.17 bits per heavy atom. The lowest BCUT2D eigenvalue weighted by Crippen LogP contribution is -2.27. The molecule has 3 rings (SSSR count). The Balaban J connectivity index is 1.49. The topological polar surface area (TPSA) is 62.3 Å². The van der Waals surface area contributed by atoms with Crippen molar-refractivity contribution in [3.05, 3.63) is 47.0 Å². The Bertz CT molecular complexity index is 723. The van der Waals surface area contributed by atoms with Crippen molar-refractivity contribution in [2.45, 2.75) is 25.0 Å². The van der Waals surface area contributed by atoms with Gasteiger partial charge in [0.25, 0.3) is 0 Å². The summed E-state index contributed by atoms with van der Waals surface area (Å²) in [7, 11) is -3.30. The van der Waals surface area contributed by atoms with E-state index in [0.717, 1.165) is 29.5 Å². The van der Waals surface area contributed by atoms with Gasteiger partial charge in [-0.2, -0.15) is 0 Å². The molecule has 0 spiro atoms. The average Bonchev–Trinajstić information content (AvgIpc) is 3.18. The van der Waals surface area contributed by atoms with Gasteiger partial charge in [0.15, 0.2) is 5.13 Å². The third-order valence-electron chi connectivity index (χ3n) is 3.82. The summed E-state index contributed by atoms with van der Waals surface area (Å²) < 4.78 is 26.8. The van der Waals surface area contributed by atoms with Crippen molar-refractivity contribution >= 4 is 26.5 Å². The van der Waals surface area contributed by atoms with Gasteiger partial charge in [-0.3, -0.25) is 0 Å². The molecule has 23 heavy (non-hydrogen) atoms. The highest BCUT2D eigenvalue weighted by atomic mass is 32.2. The lowest BCUT2D eigenvalue weighted by molar-refractivity contribution is 0.580. The van der Waals surface area contributed by atoms with Crippen molar-refractivity contribution in [1.82, 2.24) is 9.71 Å². The fourth-order valence-corrected chi connectivity index (χ4v) is 4.70. The van der Waals surface area contributed by atoms with Crippen LogP contribution in [0.25, 0.3) is 0 Å².